The lowest BCUT2D eigenvalue weighted by atomic mass is 9.97. The van der Waals surface area contributed by atoms with Gasteiger partial charge in [0, 0.05) is 49.8 Å². The fourth-order valence-corrected chi connectivity index (χ4v) is 4.45. The second-order valence-corrected chi connectivity index (χ2v) is 9.68. The first kappa shape index (κ1) is 31.3. The van der Waals surface area contributed by atoms with Gasteiger partial charge in [-0.05, 0) is 53.4 Å². The summed E-state index contributed by atoms with van der Waals surface area (Å²) < 4.78 is 5.75. The molecule has 0 aliphatic heterocycles. The Morgan fingerprint density at radius 2 is 1.23 bits per heavy atom. The summed E-state index contributed by atoms with van der Waals surface area (Å²) in [6, 6.07) is 18.0. The van der Waals surface area contributed by atoms with Gasteiger partial charge in [-0.25, -0.2) is 0 Å². The van der Waals surface area contributed by atoms with Crippen molar-refractivity contribution in [3.8, 4) is 16.9 Å². The van der Waals surface area contributed by atoms with E-state index in [-0.39, 0.29) is 36.4 Å². The van der Waals surface area contributed by atoms with Crippen LogP contribution in [-0.4, -0.2) is 65.4 Å². The topological polar surface area (TPSA) is 158 Å². The van der Waals surface area contributed by atoms with Crippen LogP contribution in [0.15, 0.2) is 73.1 Å². The van der Waals surface area contributed by atoms with Crippen LogP contribution in [0.3, 0.4) is 0 Å². The molecule has 6 N–H and O–H groups in total. The minimum Gasteiger partial charge on any atom is -0.494 e. The fourth-order valence-electron chi connectivity index (χ4n) is 4.45. The molecule has 0 bridgehead atoms. The third-order valence-electron chi connectivity index (χ3n) is 6.69. The summed E-state index contributed by atoms with van der Waals surface area (Å²) in [5.41, 5.74) is 5.80. The number of rotatable bonds is 14. The molecule has 0 saturated carbocycles. The van der Waals surface area contributed by atoms with Crippen LogP contribution >= 0.6 is 0 Å². The standard InChI is InChI=1S/C32H36N6O5/c1-21-24(5-3-7-26(21)37-31(41)28-11-9-22(19-35-28)17-33-13-15-39)25-6-4-8-27(30(25)43-2)38-32(42)29-12-10-23(20-36-29)18-34-14-16-40/h3-12,19-20,33-34,39-40H,13-18H2,1-2H3,(H,37,41)(H,38,42). The smallest absolute Gasteiger partial charge is 0.274 e. The number of nitrogens with one attached hydrogen (secondary N) is 4. The van der Waals surface area contributed by atoms with Gasteiger partial charge in [0.2, 0.25) is 0 Å². The van der Waals surface area contributed by atoms with Gasteiger partial charge in [-0.2, -0.15) is 0 Å². The SMILES string of the molecule is COc1c(NC(=O)c2ccc(CNCCO)cn2)cccc1-c1cccc(NC(=O)c2ccc(CNCCO)cn2)c1C. The molecule has 11 heteroatoms. The molecule has 0 unspecified atom stereocenters. The van der Waals surface area contributed by atoms with Crippen molar-refractivity contribution < 1.29 is 24.5 Å². The van der Waals surface area contributed by atoms with Crippen molar-refractivity contribution in [2.45, 2.75) is 20.0 Å². The number of pyridine rings is 2. The normalized spacial score (nSPS) is 10.8. The maximum absolute atomic E-state index is 13.0. The highest BCUT2D eigenvalue weighted by Crippen LogP contribution is 2.39. The van der Waals surface area contributed by atoms with E-state index in [1.54, 1.807) is 30.6 Å². The van der Waals surface area contributed by atoms with Gasteiger partial charge < -0.3 is 36.2 Å². The summed E-state index contributed by atoms with van der Waals surface area (Å²) >= 11 is 0. The Balaban J connectivity index is 1.50. The molecule has 4 aromatic rings. The number of aliphatic hydroxyl groups excluding tert-OH is 2. The highest BCUT2D eigenvalue weighted by molar-refractivity contribution is 6.05. The Bertz CT molecular complexity index is 1530. The number of amides is 2. The molecule has 2 amide bonds. The van der Waals surface area contributed by atoms with Crippen molar-refractivity contribution in [1.82, 2.24) is 20.6 Å². The van der Waals surface area contributed by atoms with E-state index in [2.05, 4.69) is 31.2 Å². The van der Waals surface area contributed by atoms with E-state index in [0.717, 1.165) is 27.8 Å². The lowest BCUT2D eigenvalue weighted by Crippen LogP contribution is -2.18. The number of carbonyl (C=O) groups excluding carboxylic acids is 2. The summed E-state index contributed by atoms with van der Waals surface area (Å²) in [5.74, 6) is -0.254. The van der Waals surface area contributed by atoms with Gasteiger partial charge in [0.1, 0.15) is 17.1 Å². The second kappa shape index (κ2) is 15.5. The molecule has 4 rings (SSSR count). The minimum absolute atomic E-state index is 0.0468. The Labute approximate surface area is 250 Å². The lowest BCUT2D eigenvalue weighted by Gasteiger charge is -2.18. The zero-order valence-corrected chi connectivity index (χ0v) is 24.2. The Morgan fingerprint density at radius 3 is 1.72 bits per heavy atom. The number of carbonyl (C=O) groups is 2. The van der Waals surface area contributed by atoms with E-state index in [4.69, 9.17) is 14.9 Å². The molecule has 0 saturated heterocycles. The molecule has 2 heterocycles. The first-order valence-corrected chi connectivity index (χ1v) is 13.9. The number of methoxy groups -OCH3 is 1. The number of ether oxygens (including phenoxy) is 1. The van der Waals surface area contributed by atoms with Crippen molar-refractivity contribution in [2.24, 2.45) is 0 Å². The maximum Gasteiger partial charge on any atom is 0.274 e. The van der Waals surface area contributed by atoms with E-state index in [0.29, 0.717) is 43.3 Å². The van der Waals surface area contributed by atoms with E-state index in [9.17, 15) is 9.59 Å². The molecule has 0 aliphatic rings. The Kier molecular flexibility index (Phi) is 11.3. The lowest BCUT2D eigenvalue weighted by molar-refractivity contribution is 0.101. The van der Waals surface area contributed by atoms with Gasteiger partial charge in [-0.1, -0.05) is 36.4 Å². The van der Waals surface area contributed by atoms with Crippen LogP contribution in [0.2, 0.25) is 0 Å². The van der Waals surface area contributed by atoms with Gasteiger partial charge in [-0.3, -0.25) is 19.6 Å². The fraction of sp³-hybridized carbons (Fsp3) is 0.250. The molecule has 0 atom stereocenters. The van der Waals surface area contributed by atoms with Crippen molar-refractivity contribution in [3.63, 3.8) is 0 Å². The number of hydrogen-bond donors (Lipinski definition) is 6. The zero-order chi connectivity index (χ0) is 30.6. The monoisotopic (exact) mass is 584 g/mol. The van der Waals surface area contributed by atoms with Gasteiger partial charge in [0.15, 0.2) is 0 Å². The first-order valence-electron chi connectivity index (χ1n) is 13.9. The van der Waals surface area contributed by atoms with Crippen molar-refractivity contribution in [1.29, 1.82) is 0 Å². The van der Waals surface area contributed by atoms with Crippen LogP contribution < -0.4 is 26.0 Å². The van der Waals surface area contributed by atoms with E-state index in [1.807, 2.05) is 49.4 Å². The third kappa shape index (κ3) is 8.21. The number of hydrogen-bond acceptors (Lipinski definition) is 9. The number of aliphatic hydroxyl groups is 2. The summed E-state index contributed by atoms with van der Waals surface area (Å²) in [6.45, 7) is 4.04. The van der Waals surface area contributed by atoms with E-state index < -0.39 is 0 Å². The predicted octanol–water partition coefficient (Wildman–Crippen LogP) is 3.13. The third-order valence-corrected chi connectivity index (χ3v) is 6.69. The highest BCUT2D eigenvalue weighted by Gasteiger charge is 2.18. The molecular weight excluding hydrogens is 548 g/mol. The van der Waals surface area contributed by atoms with E-state index in [1.165, 1.54) is 7.11 Å². The summed E-state index contributed by atoms with van der Waals surface area (Å²) in [6.07, 6.45) is 3.25. The summed E-state index contributed by atoms with van der Waals surface area (Å²) in [5, 5.41) is 29.8. The van der Waals surface area contributed by atoms with Gasteiger partial charge >= 0.3 is 0 Å². The minimum atomic E-state index is -0.384. The zero-order valence-electron chi connectivity index (χ0n) is 24.2. The molecule has 2 aromatic heterocycles. The summed E-state index contributed by atoms with van der Waals surface area (Å²) in [7, 11) is 1.54. The van der Waals surface area contributed by atoms with Crippen LogP contribution in [0.25, 0.3) is 11.1 Å². The largest absolute Gasteiger partial charge is 0.494 e. The molecule has 0 aliphatic carbocycles. The molecule has 11 nitrogen and oxygen atoms in total. The van der Waals surface area contributed by atoms with Gasteiger partial charge in [0.05, 0.1) is 26.0 Å². The highest BCUT2D eigenvalue weighted by atomic mass is 16.5. The molecular formula is C32H36N6O5. The maximum atomic E-state index is 13.0. The predicted molar refractivity (Wildman–Crippen MR) is 165 cm³/mol. The van der Waals surface area contributed by atoms with Gasteiger partial charge in [-0.15, -0.1) is 0 Å². The van der Waals surface area contributed by atoms with Gasteiger partial charge in [0.25, 0.3) is 11.8 Å². The second-order valence-electron chi connectivity index (χ2n) is 9.68. The van der Waals surface area contributed by atoms with Crippen LogP contribution in [0.4, 0.5) is 11.4 Å². The average molecular weight is 585 g/mol. The average Bonchev–Trinajstić information content (AvgIpc) is 3.03. The molecule has 2 aromatic carbocycles. The Morgan fingerprint density at radius 1 is 0.721 bits per heavy atom. The van der Waals surface area contributed by atoms with Crippen molar-refractivity contribution in [3.05, 3.63) is 101 Å². The number of benzene rings is 2. The van der Waals surface area contributed by atoms with Crippen LogP contribution in [0, 0.1) is 6.92 Å². The molecule has 0 radical (unpaired) electrons. The molecule has 0 spiro atoms. The van der Waals surface area contributed by atoms with Crippen LogP contribution in [0.1, 0.15) is 37.7 Å². The molecule has 0 fully saturated rings. The van der Waals surface area contributed by atoms with Crippen molar-refractivity contribution in [2.75, 3.05) is 44.0 Å². The van der Waals surface area contributed by atoms with Crippen molar-refractivity contribution >= 4 is 23.2 Å². The Hall–Kier alpha value is -4.68. The molecule has 43 heavy (non-hydrogen) atoms. The van der Waals surface area contributed by atoms with E-state index >= 15 is 0 Å². The number of aromatic nitrogens is 2. The van der Waals surface area contributed by atoms with Crippen LogP contribution in [-0.2, 0) is 13.1 Å². The number of nitrogens with zero attached hydrogens (tertiary/aromatic N) is 2. The molecule has 224 valence electrons. The quantitative estimate of drug-likeness (QED) is 0.123. The number of anilines is 2. The first-order chi connectivity index (χ1) is 20.9. The van der Waals surface area contributed by atoms with Crippen LogP contribution in [0.5, 0.6) is 5.75 Å². The number of para-hydroxylation sites is 1. The summed E-state index contributed by atoms with van der Waals surface area (Å²) in [4.78, 5) is 34.6.